The molecule has 0 aliphatic carbocycles. The lowest BCUT2D eigenvalue weighted by molar-refractivity contribution is -0.125. The maximum Gasteiger partial charge on any atom is 0.401 e. The quantitative estimate of drug-likeness (QED) is 0.217. The van der Waals surface area contributed by atoms with Crippen LogP contribution in [0.25, 0.3) is 31.4 Å². The van der Waals surface area contributed by atoms with Crippen LogP contribution in [0.15, 0.2) is 53.6 Å². The van der Waals surface area contributed by atoms with Crippen molar-refractivity contribution in [2.75, 3.05) is 31.6 Å². The SMILES string of the molecule is Cc1c(-c2ccc(OCCNCC(F)(F)F)cc2)sc2nc(-c3cccs3)nc(N(C)C3=CC(=O)NC3=O)c12. The predicted octanol–water partition coefficient (Wildman–Crippen LogP) is 4.90. The third kappa shape index (κ3) is 5.79. The Morgan fingerprint density at radius 2 is 1.90 bits per heavy atom. The molecular weight excluding hydrogens is 551 g/mol. The number of ether oxygens (including phenoxy) is 1. The number of carbonyl (C=O) groups excluding carboxylic acids is 2. The van der Waals surface area contributed by atoms with E-state index in [4.69, 9.17) is 14.7 Å². The van der Waals surface area contributed by atoms with Crippen molar-refractivity contribution in [3.05, 3.63) is 59.1 Å². The first kappa shape index (κ1) is 26.8. The van der Waals surface area contributed by atoms with Gasteiger partial charge in [-0.15, -0.1) is 22.7 Å². The molecular formula is C26H22F3N5O3S2. The number of alkyl halides is 3. The average molecular weight is 574 g/mol. The van der Waals surface area contributed by atoms with Gasteiger partial charge in [0.2, 0.25) is 0 Å². The number of imide groups is 1. The zero-order valence-corrected chi connectivity index (χ0v) is 22.4. The van der Waals surface area contributed by atoms with Gasteiger partial charge in [-0.1, -0.05) is 6.07 Å². The minimum Gasteiger partial charge on any atom is -0.492 e. The summed E-state index contributed by atoms with van der Waals surface area (Å²) in [4.78, 5) is 38.0. The number of benzene rings is 1. The summed E-state index contributed by atoms with van der Waals surface area (Å²) in [7, 11) is 1.69. The van der Waals surface area contributed by atoms with Crippen LogP contribution in [0.5, 0.6) is 5.75 Å². The molecule has 39 heavy (non-hydrogen) atoms. The third-order valence-corrected chi connectivity index (χ3v) is 8.02. The number of likely N-dealkylation sites (N-methyl/N-ethyl adjacent to an activating group) is 1. The van der Waals surface area contributed by atoms with E-state index in [0.717, 1.165) is 31.1 Å². The van der Waals surface area contributed by atoms with E-state index in [2.05, 4.69) is 10.6 Å². The first-order chi connectivity index (χ1) is 18.6. The Kier molecular flexibility index (Phi) is 7.38. The topological polar surface area (TPSA) is 96.4 Å². The molecule has 0 fully saturated rings. The summed E-state index contributed by atoms with van der Waals surface area (Å²) < 4.78 is 42.3. The normalized spacial score (nSPS) is 13.6. The molecule has 0 unspecified atom stereocenters. The Balaban J connectivity index is 1.46. The predicted molar refractivity (Wildman–Crippen MR) is 145 cm³/mol. The molecule has 0 bridgehead atoms. The van der Waals surface area contributed by atoms with Crippen LogP contribution in [-0.4, -0.2) is 54.7 Å². The Morgan fingerprint density at radius 3 is 2.54 bits per heavy atom. The van der Waals surface area contributed by atoms with Gasteiger partial charge in [0, 0.05) is 24.5 Å². The number of rotatable bonds is 9. The molecule has 8 nitrogen and oxygen atoms in total. The van der Waals surface area contributed by atoms with E-state index >= 15 is 0 Å². The molecule has 1 aliphatic rings. The Labute approximate surface area is 229 Å². The van der Waals surface area contributed by atoms with Gasteiger partial charge in [-0.3, -0.25) is 14.9 Å². The Bertz CT molecular complexity index is 1560. The fraction of sp³-hybridized carbons (Fsp3) is 0.231. The van der Waals surface area contributed by atoms with E-state index in [-0.39, 0.29) is 18.8 Å². The standard InChI is InChI=1S/C26H22F3N5O3S2/c1-14-20-23(34(2)17-12-19(35)31-24(17)36)32-22(18-4-3-11-38-18)33-25(20)39-21(14)15-5-7-16(8-6-15)37-10-9-30-13-26(27,28)29/h3-8,11-12,30H,9-10,13H2,1-2H3,(H,31,35,36). The molecule has 3 aromatic heterocycles. The second-order valence-corrected chi connectivity index (χ2v) is 10.6. The molecule has 1 aliphatic heterocycles. The lowest BCUT2D eigenvalue weighted by atomic mass is 10.1. The van der Waals surface area contributed by atoms with Crippen molar-refractivity contribution < 1.29 is 27.5 Å². The number of nitrogens with one attached hydrogen (secondary N) is 2. The highest BCUT2D eigenvalue weighted by molar-refractivity contribution is 7.22. The van der Waals surface area contributed by atoms with E-state index in [1.54, 1.807) is 24.1 Å². The number of aromatic nitrogens is 2. The number of hydrogen-bond donors (Lipinski definition) is 2. The maximum absolute atomic E-state index is 12.4. The number of thiophene rings is 2. The van der Waals surface area contributed by atoms with Crippen molar-refractivity contribution in [3.63, 3.8) is 0 Å². The van der Waals surface area contributed by atoms with Gasteiger partial charge < -0.3 is 15.0 Å². The number of hydrogen-bond acceptors (Lipinski definition) is 9. The maximum atomic E-state index is 12.4. The zero-order valence-electron chi connectivity index (χ0n) is 20.8. The van der Waals surface area contributed by atoms with Gasteiger partial charge in [0.05, 0.1) is 16.8 Å². The molecule has 4 aromatic rings. The van der Waals surface area contributed by atoms with Crippen LogP contribution >= 0.6 is 22.7 Å². The van der Waals surface area contributed by atoms with Gasteiger partial charge in [-0.25, -0.2) is 9.97 Å². The van der Waals surface area contributed by atoms with Crippen LogP contribution in [0.2, 0.25) is 0 Å². The second kappa shape index (κ2) is 10.8. The molecule has 0 saturated heterocycles. The van der Waals surface area contributed by atoms with E-state index in [0.29, 0.717) is 17.4 Å². The van der Waals surface area contributed by atoms with Crippen LogP contribution in [0.3, 0.4) is 0 Å². The van der Waals surface area contributed by atoms with E-state index in [9.17, 15) is 22.8 Å². The Hall–Kier alpha value is -3.81. The lowest BCUT2D eigenvalue weighted by Crippen LogP contribution is -2.31. The van der Waals surface area contributed by atoms with E-state index in [1.807, 2.05) is 36.6 Å². The molecule has 5 rings (SSSR count). The number of aryl methyl sites for hydroxylation is 1. The summed E-state index contributed by atoms with van der Waals surface area (Å²) in [5.74, 6) is 0.581. The van der Waals surface area contributed by atoms with Gasteiger partial charge in [-0.2, -0.15) is 13.2 Å². The minimum atomic E-state index is -4.26. The fourth-order valence-electron chi connectivity index (χ4n) is 4.09. The lowest BCUT2D eigenvalue weighted by Gasteiger charge is -2.19. The minimum absolute atomic E-state index is 0.0677. The van der Waals surface area contributed by atoms with Crippen LogP contribution in [0.1, 0.15) is 5.56 Å². The first-order valence-electron chi connectivity index (χ1n) is 11.8. The van der Waals surface area contributed by atoms with Gasteiger partial charge >= 0.3 is 6.18 Å². The summed E-state index contributed by atoms with van der Waals surface area (Å²) in [5, 5.41) is 7.26. The number of anilines is 1. The highest BCUT2D eigenvalue weighted by Crippen LogP contribution is 2.43. The molecule has 2 amide bonds. The summed E-state index contributed by atoms with van der Waals surface area (Å²) in [6, 6.07) is 11.1. The number of fused-ring (bicyclic) bond motifs is 1. The van der Waals surface area contributed by atoms with Crippen molar-refractivity contribution in [2.24, 2.45) is 0 Å². The molecule has 1 aromatic carbocycles. The van der Waals surface area contributed by atoms with Gasteiger partial charge in [0.15, 0.2) is 5.82 Å². The van der Waals surface area contributed by atoms with Crippen LogP contribution in [0.4, 0.5) is 19.0 Å². The number of halogens is 3. The summed E-state index contributed by atoms with van der Waals surface area (Å²) in [6.45, 7) is 1.05. The van der Waals surface area contributed by atoms with E-state index < -0.39 is 24.5 Å². The number of carbonyl (C=O) groups is 2. The summed E-state index contributed by atoms with van der Waals surface area (Å²) in [6.07, 6.45) is -3.01. The molecule has 13 heteroatoms. The summed E-state index contributed by atoms with van der Waals surface area (Å²) in [5.41, 5.74) is 2.00. The van der Waals surface area contributed by atoms with Crippen molar-refractivity contribution in [2.45, 2.75) is 13.1 Å². The highest BCUT2D eigenvalue weighted by atomic mass is 32.1. The van der Waals surface area contributed by atoms with Crippen LogP contribution in [0, 0.1) is 6.92 Å². The van der Waals surface area contributed by atoms with Crippen molar-refractivity contribution in [1.29, 1.82) is 0 Å². The van der Waals surface area contributed by atoms with Crippen molar-refractivity contribution in [3.8, 4) is 26.9 Å². The van der Waals surface area contributed by atoms with Gasteiger partial charge in [0.25, 0.3) is 11.8 Å². The fourth-order valence-corrected chi connectivity index (χ4v) is 5.93. The molecule has 4 heterocycles. The average Bonchev–Trinajstić information content (AvgIpc) is 3.62. The van der Waals surface area contributed by atoms with E-state index in [1.165, 1.54) is 28.7 Å². The molecule has 2 N–H and O–H groups in total. The van der Waals surface area contributed by atoms with Crippen LogP contribution < -0.4 is 20.3 Å². The van der Waals surface area contributed by atoms with Crippen LogP contribution in [-0.2, 0) is 9.59 Å². The van der Waals surface area contributed by atoms with Gasteiger partial charge in [-0.05, 0) is 53.8 Å². The molecule has 0 saturated carbocycles. The monoisotopic (exact) mass is 573 g/mol. The molecule has 202 valence electrons. The van der Waals surface area contributed by atoms with Crippen molar-refractivity contribution in [1.82, 2.24) is 20.6 Å². The van der Waals surface area contributed by atoms with Gasteiger partial charge in [0.1, 0.15) is 28.7 Å². The second-order valence-electron chi connectivity index (χ2n) is 8.66. The largest absolute Gasteiger partial charge is 0.492 e. The third-order valence-electron chi connectivity index (χ3n) is 5.92. The van der Waals surface area contributed by atoms with Crippen molar-refractivity contribution >= 4 is 50.5 Å². The smallest absolute Gasteiger partial charge is 0.401 e. The highest BCUT2D eigenvalue weighted by Gasteiger charge is 2.29. The molecule has 0 radical (unpaired) electrons. The summed E-state index contributed by atoms with van der Waals surface area (Å²) >= 11 is 2.98. The Morgan fingerprint density at radius 1 is 1.13 bits per heavy atom. The molecule has 0 atom stereocenters. The number of amides is 2. The number of nitrogens with zero attached hydrogens (tertiary/aromatic N) is 3. The zero-order chi connectivity index (χ0) is 27.7. The molecule has 0 spiro atoms. The first-order valence-corrected chi connectivity index (χ1v) is 13.5.